The van der Waals surface area contributed by atoms with Gasteiger partial charge in [-0.2, -0.15) is 0 Å². The van der Waals surface area contributed by atoms with Crippen LogP contribution >= 0.6 is 0 Å². The van der Waals surface area contributed by atoms with Crippen LogP contribution < -0.4 is 10.1 Å². The first kappa shape index (κ1) is 12.8. The molecular weight excluding hydrogens is 257 g/mol. The molecule has 3 rings (SSSR count). The van der Waals surface area contributed by atoms with Crippen molar-refractivity contribution in [1.29, 1.82) is 0 Å². The van der Waals surface area contributed by atoms with Crippen molar-refractivity contribution in [2.45, 2.75) is 19.2 Å². The van der Waals surface area contributed by atoms with Crippen LogP contribution in [0.3, 0.4) is 0 Å². The maximum atomic E-state index is 13.1. The SMILES string of the molecule is O=CC1NCc2ccc(OCc3cccc(F)c3)cc21. The molecule has 0 fully saturated rings. The maximum absolute atomic E-state index is 13.1. The highest BCUT2D eigenvalue weighted by Crippen LogP contribution is 2.28. The van der Waals surface area contributed by atoms with E-state index in [2.05, 4.69) is 5.32 Å². The van der Waals surface area contributed by atoms with Crippen molar-refractivity contribution in [3.63, 3.8) is 0 Å². The van der Waals surface area contributed by atoms with Gasteiger partial charge < -0.3 is 9.53 Å². The Morgan fingerprint density at radius 2 is 2.20 bits per heavy atom. The van der Waals surface area contributed by atoms with Gasteiger partial charge in [-0.05, 0) is 41.0 Å². The highest BCUT2D eigenvalue weighted by molar-refractivity contribution is 5.65. The van der Waals surface area contributed by atoms with E-state index in [1.807, 2.05) is 24.3 Å². The van der Waals surface area contributed by atoms with Crippen LogP contribution in [0.25, 0.3) is 0 Å². The minimum Gasteiger partial charge on any atom is -0.489 e. The number of carbonyl (C=O) groups is 1. The molecule has 0 bridgehead atoms. The zero-order chi connectivity index (χ0) is 13.9. The number of nitrogens with one attached hydrogen (secondary N) is 1. The average molecular weight is 271 g/mol. The molecule has 1 unspecified atom stereocenters. The lowest BCUT2D eigenvalue weighted by atomic mass is 10.1. The van der Waals surface area contributed by atoms with Crippen molar-refractivity contribution in [2.24, 2.45) is 0 Å². The molecule has 1 atom stereocenters. The van der Waals surface area contributed by atoms with Crippen molar-refractivity contribution >= 4 is 6.29 Å². The van der Waals surface area contributed by atoms with E-state index in [9.17, 15) is 9.18 Å². The van der Waals surface area contributed by atoms with Crippen LogP contribution in [-0.4, -0.2) is 6.29 Å². The second kappa shape index (κ2) is 5.43. The first-order valence-corrected chi connectivity index (χ1v) is 6.45. The Bertz CT molecular complexity index is 642. The molecule has 0 radical (unpaired) electrons. The fourth-order valence-corrected chi connectivity index (χ4v) is 2.36. The van der Waals surface area contributed by atoms with Crippen molar-refractivity contribution in [3.8, 4) is 5.75 Å². The smallest absolute Gasteiger partial charge is 0.141 e. The van der Waals surface area contributed by atoms with E-state index in [1.54, 1.807) is 6.07 Å². The van der Waals surface area contributed by atoms with Crippen LogP contribution in [-0.2, 0) is 17.9 Å². The Hall–Kier alpha value is -2.20. The first-order valence-electron chi connectivity index (χ1n) is 6.45. The third-order valence-corrected chi connectivity index (χ3v) is 3.40. The standard InChI is InChI=1S/C16H14FNO2/c17-13-3-1-2-11(6-13)10-20-14-5-4-12-8-18-16(9-19)15(12)7-14/h1-7,9,16,18H,8,10H2. The zero-order valence-electron chi connectivity index (χ0n) is 10.8. The molecule has 0 spiro atoms. The molecule has 1 heterocycles. The number of rotatable bonds is 4. The fraction of sp³-hybridized carbons (Fsp3) is 0.188. The molecule has 4 heteroatoms. The molecule has 0 saturated heterocycles. The largest absolute Gasteiger partial charge is 0.489 e. The second-order valence-electron chi connectivity index (χ2n) is 4.77. The Morgan fingerprint density at radius 1 is 1.30 bits per heavy atom. The van der Waals surface area contributed by atoms with Gasteiger partial charge in [0.2, 0.25) is 0 Å². The summed E-state index contributed by atoms with van der Waals surface area (Å²) < 4.78 is 18.7. The molecule has 0 saturated carbocycles. The van der Waals surface area contributed by atoms with Crippen LogP contribution in [0.2, 0.25) is 0 Å². The Kier molecular flexibility index (Phi) is 3.48. The van der Waals surface area contributed by atoms with E-state index in [0.29, 0.717) is 18.9 Å². The molecule has 0 aliphatic carbocycles. The van der Waals surface area contributed by atoms with E-state index in [-0.39, 0.29) is 11.9 Å². The van der Waals surface area contributed by atoms with Crippen molar-refractivity contribution < 1.29 is 13.9 Å². The summed E-state index contributed by atoms with van der Waals surface area (Å²) in [6, 6.07) is 11.7. The minimum atomic E-state index is -0.273. The first-order chi connectivity index (χ1) is 9.76. The fourth-order valence-electron chi connectivity index (χ4n) is 2.36. The van der Waals surface area contributed by atoms with Crippen molar-refractivity contribution in [3.05, 3.63) is 65.0 Å². The lowest BCUT2D eigenvalue weighted by molar-refractivity contribution is -0.109. The lowest BCUT2D eigenvalue weighted by Crippen LogP contribution is -2.12. The molecule has 1 aliphatic rings. The summed E-state index contributed by atoms with van der Waals surface area (Å²) in [5.74, 6) is 0.411. The number of aldehydes is 1. The van der Waals surface area contributed by atoms with E-state index in [4.69, 9.17) is 4.74 Å². The normalized spacial score (nSPS) is 16.8. The predicted octanol–water partition coefficient (Wildman–Crippen LogP) is 2.75. The summed E-state index contributed by atoms with van der Waals surface area (Å²) in [7, 11) is 0. The number of fused-ring (bicyclic) bond motifs is 1. The summed E-state index contributed by atoms with van der Waals surface area (Å²) in [6.45, 7) is 0.999. The van der Waals surface area contributed by atoms with Gasteiger partial charge in [0.05, 0.1) is 6.04 Å². The zero-order valence-corrected chi connectivity index (χ0v) is 10.8. The monoisotopic (exact) mass is 271 g/mol. The lowest BCUT2D eigenvalue weighted by Gasteiger charge is -2.09. The van der Waals surface area contributed by atoms with Crippen LogP contribution in [0.15, 0.2) is 42.5 Å². The number of carbonyl (C=O) groups excluding carboxylic acids is 1. The van der Waals surface area contributed by atoms with E-state index < -0.39 is 0 Å². The molecule has 1 N–H and O–H groups in total. The Balaban J connectivity index is 1.74. The Morgan fingerprint density at radius 3 is 3.00 bits per heavy atom. The topological polar surface area (TPSA) is 38.3 Å². The summed E-state index contributed by atoms with van der Waals surface area (Å²) in [6.07, 6.45) is 0.891. The molecule has 0 aromatic heterocycles. The van der Waals surface area contributed by atoms with Gasteiger partial charge >= 0.3 is 0 Å². The van der Waals surface area contributed by atoms with Crippen LogP contribution in [0.5, 0.6) is 5.75 Å². The molecule has 2 aromatic rings. The van der Waals surface area contributed by atoms with Gasteiger partial charge in [-0.25, -0.2) is 4.39 Å². The second-order valence-corrected chi connectivity index (χ2v) is 4.77. The maximum Gasteiger partial charge on any atom is 0.141 e. The summed E-state index contributed by atoms with van der Waals surface area (Å²) >= 11 is 0. The predicted molar refractivity (Wildman–Crippen MR) is 72.8 cm³/mol. The molecule has 0 amide bonds. The number of halogens is 1. The van der Waals surface area contributed by atoms with Gasteiger partial charge in [-0.15, -0.1) is 0 Å². The van der Waals surface area contributed by atoms with Crippen molar-refractivity contribution in [1.82, 2.24) is 5.32 Å². The quantitative estimate of drug-likeness (QED) is 0.869. The molecular formula is C16H14FNO2. The molecule has 1 aliphatic heterocycles. The van der Waals surface area contributed by atoms with Crippen LogP contribution in [0.4, 0.5) is 4.39 Å². The van der Waals surface area contributed by atoms with Gasteiger partial charge in [-0.3, -0.25) is 5.32 Å². The third-order valence-electron chi connectivity index (χ3n) is 3.40. The molecule has 2 aromatic carbocycles. The molecule has 102 valence electrons. The van der Waals surface area contributed by atoms with Crippen LogP contribution in [0, 0.1) is 5.82 Å². The molecule has 20 heavy (non-hydrogen) atoms. The van der Waals surface area contributed by atoms with Gasteiger partial charge in [0, 0.05) is 6.54 Å². The average Bonchev–Trinajstić information content (AvgIpc) is 2.87. The van der Waals surface area contributed by atoms with E-state index in [1.165, 1.54) is 12.1 Å². The number of hydrogen-bond donors (Lipinski definition) is 1. The highest BCUT2D eigenvalue weighted by atomic mass is 19.1. The summed E-state index contributed by atoms with van der Waals surface area (Å²) in [5, 5.41) is 3.11. The van der Waals surface area contributed by atoms with Gasteiger partial charge in [-0.1, -0.05) is 18.2 Å². The summed E-state index contributed by atoms with van der Waals surface area (Å²) in [5.41, 5.74) is 2.84. The van der Waals surface area contributed by atoms with Gasteiger partial charge in [0.15, 0.2) is 0 Å². The number of benzene rings is 2. The van der Waals surface area contributed by atoms with E-state index >= 15 is 0 Å². The van der Waals surface area contributed by atoms with Gasteiger partial charge in [0.25, 0.3) is 0 Å². The van der Waals surface area contributed by atoms with Crippen LogP contribution in [0.1, 0.15) is 22.7 Å². The minimum absolute atomic E-state index is 0.261. The number of ether oxygens (including phenoxy) is 1. The Labute approximate surface area is 116 Å². The summed E-state index contributed by atoms with van der Waals surface area (Å²) in [4.78, 5) is 11.0. The van der Waals surface area contributed by atoms with Gasteiger partial charge in [0.1, 0.15) is 24.5 Å². The number of hydrogen-bond acceptors (Lipinski definition) is 3. The van der Waals surface area contributed by atoms with Crippen molar-refractivity contribution in [2.75, 3.05) is 0 Å². The third kappa shape index (κ3) is 2.56. The molecule has 3 nitrogen and oxygen atoms in total. The highest BCUT2D eigenvalue weighted by Gasteiger charge is 2.21. The van der Waals surface area contributed by atoms with E-state index in [0.717, 1.165) is 23.0 Å².